The molecule has 4 heteroatoms. The summed E-state index contributed by atoms with van der Waals surface area (Å²) in [4.78, 5) is 0. The van der Waals surface area contributed by atoms with Gasteiger partial charge in [0.2, 0.25) is 0 Å². The minimum absolute atomic E-state index is 1.06. The fourth-order valence-corrected chi connectivity index (χ4v) is 41.8. The normalized spacial score (nSPS) is 21.0. The molecule has 0 spiro atoms. The summed E-state index contributed by atoms with van der Waals surface area (Å²) in [6.07, 6.45) is 2.78. The number of rotatable bonds is 4. The first-order valence-electron chi connectivity index (χ1n) is 3.94. The Morgan fingerprint density at radius 3 is 1.60 bits per heavy atom. The summed E-state index contributed by atoms with van der Waals surface area (Å²) in [5.41, 5.74) is 0. The molecule has 0 aromatic carbocycles. The molecule has 1 aliphatic heterocycles. The molecular weight excluding hydrogens is 518 g/mol. The van der Waals surface area contributed by atoms with E-state index in [0.29, 0.717) is 0 Å². The predicted molar refractivity (Wildman–Crippen MR) is 48.0 cm³/mol. The predicted octanol–water partition coefficient (Wildman–Crippen LogP) is 0.976. The standard InChI is InChI=1S/2C3H7.2Bi.2HN/c2*1-3-2;;;;/h2*1,3H2,2H3;;;2*1H. The van der Waals surface area contributed by atoms with E-state index < -0.39 is 44.7 Å². The van der Waals surface area contributed by atoms with Gasteiger partial charge in [-0.1, -0.05) is 0 Å². The van der Waals surface area contributed by atoms with Crippen molar-refractivity contribution in [3.63, 3.8) is 0 Å². The summed E-state index contributed by atoms with van der Waals surface area (Å²) in [7, 11) is 0. The van der Waals surface area contributed by atoms with Crippen molar-refractivity contribution >= 4 is 44.7 Å². The average molecular weight is 534 g/mol. The van der Waals surface area contributed by atoms with Crippen LogP contribution in [0.15, 0.2) is 0 Å². The zero-order valence-corrected chi connectivity index (χ0v) is 13.7. The van der Waals surface area contributed by atoms with Gasteiger partial charge in [0, 0.05) is 0 Å². The molecule has 0 aromatic rings. The van der Waals surface area contributed by atoms with Crippen LogP contribution in [0.5, 0.6) is 0 Å². The minimum atomic E-state index is -1.06. The summed E-state index contributed by atoms with van der Waals surface area (Å²) in [5.74, 6) is 0. The van der Waals surface area contributed by atoms with Crippen LogP contribution >= 0.6 is 0 Å². The second-order valence-corrected chi connectivity index (χ2v) is 27.8. The quantitative estimate of drug-likeness (QED) is 0.526. The fourth-order valence-electron chi connectivity index (χ4n) is 0.939. The third-order valence-corrected chi connectivity index (χ3v) is 45.0. The van der Waals surface area contributed by atoms with E-state index in [0.717, 1.165) is 0 Å². The van der Waals surface area contributed by atoms with Crippen molar-refractivity contribution < 1.29 is 0 Å². The molecule has 0 aliphatic carbocycles. The molecular formula is C6H16Bi2N2. The van der Waals surface area contributed by atoms with Gasteiger partial charge in [-0.2, -0.15) is 0 Å². The van der Waals surface area contributed by atoms with Gasteiger partial charge in [0.25, 0.3) is 0 Å². The average Bonchev–Trinajstić information content (AvgIpc) is 1.84. The van der Waals surface area contributed by atoms with Gasteiger partial charge >= 0.3 is 82.0 Å². The van der Waals surface area contributed by atoms with Gasteiger partial charge in [-0.3, -0.25) is 0 Å². The van der Waals surface area contributed by atoms with E-state index in [9.17, 15) is 0 Å². The van der Waals surface area contributed by atoms with Crippen LogP contribution in [0.3, 0.4) is 0 Å². The van der Waals surface area contributed by atoms with Crippen LogP contribution in [0.25, 0.3) is 0 Å². The number of hydrogen-bond donors (Lipinski definition) is 2. The summed E-state index contributed by atoms with van der Waals surface area (Å²) in [5, 5.41) is 0. The van der Waals surface area contributed by atoms with Crippen molar-refractivity contribution in [3.8, 4) is 0 Å². The molecule has 0 amide bonds. The second kappa shape index (κ2) is 5.35. The van der Waals surface area contributed by atoms with Gasteiger partial charge in [0.05, 0.1) is 0 Å². The van der Waals surface area contributed by atoms with Gasteiger partial charge in [0.15, 0.2) is 0 Å². The van der Waals surface area contributed by atoms with Gasteiger partial charge in [-0.15, -0.1) is 0 Å². The second-order valence-electron chi connectivity index (χ2n) is 2.50. The van der Waals surface area contributed by atoms with Crippen LogP contribution in [0.1, 0.15) is 26.7 Å². The Morgan fingerprint density at radius 1 is 0.900 bits per heavy atom. The van der Waals surface area contributed by atoms with Crippen LogP contribution in [-0.2, 0) is 0 Å². The first kappa shape index (κ1) is 9.77. The van der Waals surface area contributed by atoms with Gasteiger partial charge in [-0.05, 0) is 0 Å². The Morgan fingerprint density at radius 2 is 1.30 bits per heavy atom. The molecule has 0 unspecified atom stereocenters. The van der Waals surface area contributed by atoms with E-state index >= 15 is 0 Å². The molecule has 0 saturated carbocycles. The van der Waals surface area contributed by atoms with Crippen molar-refractivity contribution in [3.05, 3.63) is 0 Å². The molecule has 60 valence electrons. The van der Waals surface area contributed by atoms with Crippen molar-refractivity contribution in [2.45, 2.75) is 34.9 Å². The van der Waals surface area contributed by atoms with Crippen molar-refractivity contribution in [2.75, 3.05) is 0 Å². The van der Waals surface area contributed by atoms with E-state index in [2.05, 4.69) is 16.3 Å². The molecule has 1 rings (SSSR count). The van der Waals surface area contributed by atoms with E-state index in [1.54, 1.807) is 0 Å². The summed E-state index contributed by atoms with van der Waals surface area (Å²) >= 11 is -2.12. The van der Waals surface area contributed by atoms with Gasteiger partial charge < -0.3 is 0 Å². The van der Waals surface area contributed by atoms with E-state index in [4.69, 9.17) is 0 Å². The molecule has 0 radical (unpaired) electrons. The first-order valence-corrected chi connectivity index (χ1v) is 15.8. The van der Waals surface area contributed by atoms with E-state index in [1.807, 2.05) is 0 Å². The molecule has 1 heterocycles. The molecule has 2 nitrogen and oxygen atoms in total. The molecule has 2 N–H and O–H groups in total. The first-order chi connectivity index (χ1) is 4.86. The number of nitrogens with one attached hydrogen (secondary N) is 2. The summed E-state index contributed by atoms with van der Waals surface area (Å²) in [6, 6.07) is 0. The van der Waals surface area contributed by atoms with Crippen LogP contribution in [0, 0.1) is 0 Å². The van der Waals surface area contributed by atoms with Gasteiger partial charge in [-0.25, -0.2) is 0 Å². The molecule has 1 aliphatic rings. The zero-order chi connectivity index (χ0) is 7.40. The summed E-state index contributed by atoms with van der Waals surface area (Å²) < 4.78 is 10.8. The van der Waals surface area contributed by atoms with Crippen LogP contribution in [0.2, 0.25) is 8.26 Å². The molecule has 0 atom stereocenters. The zero-order valence-electron chi connectivity index (χ0n) is 6.72. The Kier molecular flexibility index (Phi) is 5.23. The Bertz CT molecular complexity index is 83.7. The Labute approximate surface area is 81.1 Å². The SMILES string of the molecule is CC[CH2][Bi]1[NH][Bi]([CH2]CC)[NH]1. The Balaban J connectivity index is 1.95. The van der Waals surface area contributed by atoms with Crippen molar-refractivity contribution in [1.82, 2.24) is 2.41 Å². The maximum absolute atomic E-state index is 3.88. The fraction of sp³-hybridized carbons (Fsp3) is 1.00. The van der Waals surface area contributed by atoms with Gasteiger partial charge in [0.1, 0.15) is 0 Å². The van der Waals surface area contributed by atoms with Crippen LogP contribution in [-0.4, -0.2) is 44.7 Å². The third-order valence-electron chi connectivity index (χ3n) is 1.38. The molecule has 1 saturated heterocycles. The Hall–Kier alpha value is 1.69. The van der Waals surface area contributed by atoms with Crippen LogP contribution in [0.4, 0.5) is 0 Å². The maximum atomic E-state index is 3.88. The molecule has 1 fully saturated rings. The van der Waals surface area contributed by atoms with Crippen LogP contribution < -0.4 is 2.41 Å². The third kappa shape index (κ3) is 2.97. The van der Waals surface area contributed by atoms with E-state index in [-0.39, 0.29) is 0 Å². The topological polar surface area (TPSA) is 24.1 Å². The molecule has 0 bridgehead atoms. The summed E-state index contributed by atoms with van der Waals surface area (Å²) in [6.45, 7) is 4.58. The van der Waals surface area contributed by atoms with Crippen molar-refractivity contribution in [2.24, 2.45) is 0 Å². The van der Waals surface area contributed by atoms with Crippen molar-refractivity contribution in [1.29, 1.82) is 0 Å². The van der Waals surface area contributed by atoms with E-state index in [1.165, 1.54) is 21.1 Å². The molecule has 0 aromatic heterocycles. The monoisotopic (exact) mass is 534 g/mol. The molecule has 10 heavy (non-hydrogen) atoms. The number of hydrogen-bond acceptors (Lipinski definition) is 2.